The molecule has 7 nitrogen and oxygen atoms in total. The molecule has 2 N–H and O–H groups in total. The summed E-state index contributed by atoms with van der Waals surface area (Å²) in [5.41, 5.74) is 6.78. The maximum absolute atomic E-state index is 11.2. The molecule has 26 heavy (non-hydrogen) atoms. The first-order chi connectivity index (χ1) is 12.4. The van der Waals surface area contributed by atoms with Crippen LogP contribution < -0.4 is 15.5 Å². The van der Waals surface area contributed by atoms with Crippen molar-refractivity contribution in [3.63, 3.8) is 0 Å². The minimum absolute atomic E-state index is 0.319. The maximum atomic E-state index is 11.2. The fourth-order valence-corrected chi connectivity index (χ4v) is 3.29. The number of carbonyl (C=O) groups is 1. The molecule has 8 heteroatoms. The number of nitrogens with zero attached hydrogens (tertiary/aromatic N) is 5. The van der Waals surface area contributed by atoms with Crippen molar-refractivity contribution in [1.29, 1.82) is 0 Å². The molecule has 138 valence electrons. The lowest BCUT2D eigenvalue weighted by atomic mass is 10.2. The first kappa shape index (κ1) is 18.4. The number of nitrogens with two attached hydrogens (primary N) is 1. The summed E-state index contributed by atoms with van der Waals surface area (Å²) in [6, 6.07) is 5.76. The van der Waals surface area contributed by atoms with Crippen LogP contribution in [-0.2, 0) is 6.54 Å². The number of hydrogen-bond acceptors (Lipinski definition) is 6. The van der Waals surface area contributed by atoms with Crippen molar-refractivity contribution in [2.24, 2.45) is 5.73 Å². The van der Waals surface area contributed by atoms with E-state index in [4.69, 9.17) is 17.3 Å². The average Bonchev–Trinajstić information content (AvgIpc) is 2.62. The van der Waals surface area contributed by atoms with Crippen LogP contribution in [0.25, 0.3) is 0 Å². The first-order valence-corrected chi connectivity index (χ1v) is 8.87. The molecule has 3 rings (SSSR count). The predicted octanol–water partition coefficient (Wildman–Crippen LogP) is 1.62. The highest BCUT2D eigenvalue weighted by Crippen LogP contribution is 2.26. The number of primary amides is 1. The van der Waals surface area contributed by atoms with E-state index in [1.165, 1.54) is 11.8 Å². The number of halogens is 1. The van der Waals surface area contributed by atoms with Gasteiger partial charge < -0.3 is 20.4 Å². The molecular formula is C18H23ClN6O. The molecular weight excluding hydrogens is 352 g/mol. The van der Waals surface area contributed by atoms with Gasteiger partial charge in [-0.15, -0.1) is 0 Å². The summed E-state index contributed by atoms with van der Waals surface area (Å²) < 4.78 is 0. The minimum Gasteiger partial charge on any atom is -0.366 e. The van der Waals surface area contributed by atoms with Gasteiger partial charge in [-0.1, -0.05) is 17.7 Å². The lowest BCUT2D eigenvalue weighted by molar-refractivity contribution is 0.1000. The fraction of sp³-hybridized carbons (Fsp3) is 0.389. The molecule has 2 aromatic rings. The van der Waals surface area contributed by atoms with Crippen LogP contribution >= 0.6 is 11.6 Å². The SMILES string of the molecule is CN(C)Cc1ccc(N2CCN(c3ncc(C(N)=O)cc3Cl)CC2)nc1. The quantitative estimate of drug-likeness (QED) is 0.856. The maximum Gasteiger partial charge on any atom is 0.250 e. The summed E-state index contributed by atoms with van der Waals surface area (Å²) >= 11 is 6.28. The van der Waals surface area contributed by atoms with Crippen molar-refractivity contribution in [2.45, 2.75) is 6.54 Å². The molecule has 1 fully saturated rings. The standard InChI is InChI=1S/C18H23ClN6O/c1-23(2)12-13-3-4-16(21-10-13)24-5-7-25(8-6-24)18-15(19)9-14(11-22-18)17(20)26/h3-4,9-11H,5-8,12H2,1-2H3,(H2,20,26). The number of anilines is 2. The summed E-state index contributed by atoms with van der Waals surface area (Å²) in [6.07, 6.45) is 3.41. The number of amides is 1. The Morgan fingerprint density at radius 2 is 1.85 bits per heavy atom. The molecule has 1 aliphatic heterocycles. The normalized spacial score (nSPS) is 14.8. The minimum atomic E-state index is -0.528. The van der Waals surface area contributed by atoms with E-state index in [2.05, 4.69) is 36.8 Å². The van der Waals surface area contributed by atoms with Crippen LogP contribution in [0.5, 0.6) is 0 Å². The van der Waals surface area contributed by atoms with Gasteiger partial charge in [0.2, 0.25) is 5.91 Å². The second-order valence-electron chi connectivity index (χ2n) is 6.63. The van der Waals surface area contributed by atoms with E-state index in [-0.39, 0.29) is 0 Å². The topological polar surface area (TPSA) is 78.6 Å². The smallest absolute Gasteiger partial charge is 0.250 e. The Morgan fingerprint density at radius 1 is 1.15 bits per heavy atom. The molecule has 0 bridgehead atoms. The summed E-state index contributed by atoms with van der Waals surface area (Å²) in [4.78, 5) is 26.6. The van der Waals surface area contributed by atoms with Gasteiger partial charge in [-0.3, -0.25) is 4.79 Å². The van der Waals surface area contributed by atoms with Gasteiger partial charge in [0.25, 0.3) is 0 Å². The van der Waals surface area contributed by atoms with Gasteiger partial charge in [0.1, 0.15) is 11.6 Å². The average molecular weight is 375 g/mol. The van der Waals surface area contributed by atoms with Crippen LogP contribution in [0, 0.1) is 0 Å². The molecule has 1 amide bonds. The van der Waals surface area contributed by atoms with E-state index < -0.39 is 5.91 Å². The van der Waals surface area contributed by atoms with Gasteiger partial charge >= 0.3 is 0 Å². The third kappa shape index (κ3) is 4.23. The van der Waals surface area contributed by atoms with Crippen molar-refractivity contribution in [1.82, 2.24) is 14.9 Å². The zero-order valence-corrected chi connectivity index (χ0v) is 15.8. The van der Waals surface area contributed by atoms with Crippen LogP contribution in [0.15, 0.2) is 30.6 Å². The third-order valence-electron chi connectivity index (χ3n) is 4.32. The van der Waals surface area contributed by atoms with Crippen molar-refractivity contribution in [3.05, 3.63) is 46.7 Å². The zero-order chi connectivity index (χ0) is 18.7. The Balaban J connectivity index is 1.63. The lowest BCUT2D eigenvalue weighted by Gasteiger charge is -2.36. The predicted molar refractivity (Wildman–Crippen MR) is 104 cm³/mol. The molecule has 0 saturated carbocycles. The van der Waals surface area contributed by atoms with Gasteiger partial charge in [0.05, 0.1) is 10.6 Å². The molecule has 0 aliphatic carbocycles. The molecule has 0 atom stereocenters. The van der Waals surface area contributed by atoms with E-state index in [1.807, 2.05) is 20.3 Å². The lowest BCUT2D eigenvalue weighted by Crippen LogP contribution is -2.47. The number of hydrogen-bond donors (Lipinski definition) is 1. The van der Waals surface area contributed by atoms with Crippen LogP contribution in [0.4, 0.5) is 11.6 Å². The van der Waals surface area contributed by atoms with Crippen LogP contribution in [0.3, 0.4) is 0 Å². The Kier molecular flexibility index (Phi) is 5.58. The monoisotopic (exact) mass is 374 g/mol. The van der Waals surface area contributed by atoms with Gasteiger partial charge in [0.15, 0.2) is 0 Å². The number of pyridine rings is 2. The van der Waals surface area contributed by atoms with E-state index in [0.29, 0.717) is 16.4 Å². The number of piperazine rings is 1. The van der Waals surface area contributed by atoms with Crippen LogP contribution in [-0.4, -0.2) is 61.0 Å². The molecule has 1 aliphatic rings. The second-order valence-corrected chi connectivity index (χ2v) is 7.04. The van der Waals surface area contributed by atoms with Gasteiger partial charge in [0, 0.05) is 45.1 Å². The van der Waals surface area contributed by atoms with Gasteiger partial charge in [-0.2, -0.15) is 0 Å². The van der Waals surface area contributed by atoms with Crippen molar-refractivity contribution < 1.29 is 4.79 Å². The van der Waals surface area contributed by atoms with Gasteiger partial charge in [-0.25, -0.2) is 9.97 Å². The van der Waals surface area contributed by atoms with Crippen molar-refractivity contribution >= 4 is 29.1 Å². The highest BCUT2D eigenvalue weighted by Gasteiger charge is 2.21. The summed E-state index contributed by atoms with van der Waals surface area (Å²) in [6.45, 7) is 4.10. The van der Waals surface area contributed by atoms with Gasteiger partial charge in [-0.05, 0) is 31.8 Å². The Labute approximate surface area is 158 Å². The molecule has 1 saturated heterocycles. The highest BCUT2D eigenvalue weighted by atomic mass is 35.5. The van der Waals surface area contributed by atoms with Crippen molar-refractivity contribution in [2.75, 3.05) is 50.1 Å². The van der Waals surface area contributed by atoms with E-state index in [1.54, 1.807) is 6.07 Å². The van der Waals surface area contributed by atoms with E-state index >= 15 is 0 Å². The summed E-state index contributed by atoms with van der Waals surface area (Å²) in [7, 11) is 4.09. The zero-order valence-electron chi connectivity index (χ0n) is 15.0. The molecule has 0 aromatic carbocycles. The molecule has 0 radical (unpaired) electrons. The fourth-order valence-electron chi connectivity index (χ4n) is 3.01. The Morgan fingerprint density at radius 3 is 2.38 bits per heavy atom. The number of aromatic nitrogens is 2. The van der Waals surface area contributed by atoms with Crippen LogP contribution in [0.1, 0.15) is 15.9 Å². The second kappa shape index (κ2) is 7.88. The van der Waals surface area contributed by atoms with Crippen molar-refractivity contribution in [3.8, 4) is 0 Å². The highest BCUT2D eigenvalue weighted by molar-refractivity contribution is 6.33. The Bertz CT molecular complexity index is 772. The van der Waals surface area contributed by atoms with E-state index in [9.17, 15) is 4.79 Å². The summed E-state index contributed by atoms with van der Waals surface area (Å²) in [5.74, 6) is 1.14. The molecule has 2 aromatic heterocycles. The first-order valence-electron chi connectivity index (χ1n) is 8.49. The number of carbonyl (C=O) groups excluding carboxylic acids is 1. The third-order valence-corrected chi connectivity index (χ3v) is 4.60. The van der Waals surface area contributed by atoms with E-state index in [0.717, 1.165) is 38.5 Å². The Hall–Kier alpha value is -2.38. The largest absolute Gasteiger partial charge is 0.366 e. The van der Waals surface area contributed by atoms with Crippen LogP contribution in [0.2, 0.25) is 5.02 Å². The molecule has 3 heterocycles. The molecule has 0 unspecified atom stereocenters. The summed E-state index contributed by atoms with van der Waals surface area (Å²) in [5, 5.41) is 0.445. The molecule has 0 spiro atoms. The number of rotatable bonds is 5.